The number of fused-ring (bicyclic) bond motifs is 1. The smallest absolute Gasteiger partial charge is 0.307 e. The van der Waals surface area contributed by atoms with Gasteiger partial charge in [0.2, 0.25) is 0 Å². The summed E-state index contributed by atoms with van der Waals surface area (Å²) in [5.41, 5.74) is 2.77. The van der Waals surface area contributed by atoms with Crippen LogP contribution in [0.2, 0.25) is 0 Å². The number of ether oxygens (including phenoxy) is 1. The van der Waals surface area contributed by atoms with E-state index in [1.165, 1.54) is 17.3 Å². The number of imidazole rings is 1. The number of hydrogen-bond acceptors (Lipinski definition) is 4. The molecule has 0 aliphatic rings. The first kappa shape index (κ1) is 14.9. The highest BCUT2D eigenvalue weighted by Crippen LogP contribution is 2.21. The third-order valence-electron chi connectivity index (χ3n) is 2.58. The van der Waals surface area contributed by atoms with Gasteiger partial charge >= 0.3 is 5.97 Å². The second-order valence-corrected chi connectivity index (χ2v) is 6.83. The van der Waals surface area contributed by atoms with Gasteiger partial charge in [-0.15, -0.1) is 0 Å². The van der Waals surface area contributed by atoms with Gasteiger partial charge in [0.15, 0.2) is 5.16 Å². The maximum absolute atomic E-state index is 11.6. The van der Waals surface area contributed by atoms with E-state index < -0.39 is 5.60 Å². The fourth-order valence-corrected chi connectivity index (χ4v) is 2.60. The summed E-state index contributed by atoms with van der Waals surface area (Å²) < 4.78 is 5.27. The Balaban J connectivity index is 1.88. The lowest BCUT2D eigenvalue weighted by molar-refractivity contribution is -0.154. The Morgan fingerprint density at radius 3 is 2.85 bits per heavy atom. The Kier molecular flexibility index (Phi) is 4.38. The molecule has 5 heteroatoms. The van der Waals surface area contributed by atoms with Crippen LogP contribution in [0, 0.1) is 6.92 Å². The zero-order chi connectivity index (χ0) is 14.8. The number of aryl methyl sites for hydroxylation is 1. The number of nitrogens with one attached hydrogen (secondary N) is 1. The highest BCUT2D eigenvalue weighted by atomic mass is 32.2. The number of carbonyl (C=O) groups is 1. The van der Waals surface area contributed by atoms with Gasteiger partial charge in [0, 0.05) is 5.75 Å². The average Bonchev–Trinajstić information content (AvgIpc) is 2.68. The van der Waals surface area contributed by atoms with Crippen molar-refractivity contribution in [3.8, 4) is 0 Å². The zero-order valence-corrected chi connectivity index (χ0v) is 13.1. The van der Waals surface area contributed by atoms with Crippen molar-refractivity contribution in [3.63, 3.8) is 0 Å². The minimum absolute atomic E-state index is 0.169. The monoisotopic (exact) mass is 292 g/mol. The number of carbonyl (C=O) groups excluding carboxylic acids is 1. The van der Waals surface area contributed by atoms with Crippen LogP contribution in [0.25, 0.3) is 11.0 Å². The lowest BCUT2D eigenvalue weighted by Gasteiger charge is -2.19. The number of nitrogens with zero attached hydrogens (tertiary/aromatic N) is 1. The fourth-order valence-electron chi connectivity index (χ4n) is 1.79. The van der Waals surface area contributed by atoms with Gasteiger partial charge in [-0.3, -0.25) is 4.79 Å². The van der Waals surface area contributed by atoms with Crippen LogP contribution in [0.1, 0.15) is 32.8 Å². The summed E-state index contributed by atoms with van der Waals surface area (Å²) in [6.07, 6.45) is 0.387. The SMILES string of the molecule is Cc1ccc2nc(SCCC(=O)OC(C)(C)C)[nH]c2c1. The minimum Gasteiger partial charge on any atom is -0.460 e. The molecule has 4 nitrogen and oxygen atoms in total. The minimum atomic E-state index is -0.418. The quantitative estimate of drug-likeness (QED) is 0.689. The average molecular weight is 292 g/mol. The number of aromatic amines is 1. The van der Waals surface area contributed by atoms with E-state index in [0.29, 0.717) is 12.2 Å². The molecule has 0 aliphatic heterocycles. The molecule has 0 atom stereocenters. The first-order chi connectivity index (χ1) is 9.33. The molecule has 0 aliphatic carbocycles. The van der Waals surface area contributed by atoms with Crippen LogP contribution < -0.4 is 0 Å². The van der Waals surface area contributed by atoms with Crippen molar-refractivity contribution in [1.29, 1.82) is 0 Å². The molecule has 1 heterocycles. The molecule has 2 aromatic rings. The molecule has 108 valence electrons. The molecule has 0 fully saturated rings. The number of hydrogen-bond donors (Lipinski definition) is 1. The first-order valence-electron chi connectivity index (χ1n) is 6.64. The van der Waals surface area contributed by atoms with Gasteiger partial charge in [-0.2, -0.15) is 0 Å². The Bertz CT molecular complexity index is 614. The maximum atomic E-state index is 11.6. The number of aromatic nitrogens is 2. The van der Waals surface area contributed by atoms with Gasteiger partial charge in [-0.1, -0.05) is 17.8 Å². The molecule has 0 radical (unpaired) electrons. The molecule has 2 rings (SSSR count). The highest BCUT2D eigenvalue weighted by Gasteiger charge is 2.16. The largest absolute Gasteiger partial charge is 0.460 e. The van der Waals surface area contributed by atoms with Crippen molar-refractivity contribution in [3.05, 3.63) is 23.8 Å². The van der Waals surface area contributed by atoms with Crippen molar-refractivity contribution in [1.82, 2.24) is 9.97 Å². The van der Waals surface area contributed by atoms with Crippen LogP contribution in [0.4, 0.5) is 0 Å². The van der Waals surface area contributed by atoms with Gasteiger partial charge in [0.1, 0.15) is 5.60 Å². The van der Waals surface area contributed by atoms with Crippen molar-refractivity contribution in [2.45, 2.75) is 44.9 Å². The predicted octanol–water partition coefficient (Wildman–Crippen LogP) is 3.70. The van der Waals surface area contributed by atoms with E-state index in [9.17, 15) is 4.79 Å². The maximum Gasteiger partial charge on any atom is 0.307 e. The molecule has 1 N–H and O–H groups in total. The first-order valence-corrected chi connectivity index (χ1v) is 7.63. The van der Waals surface area contributed by atoms with Crippen molar-refractivity contribution in [2.24, 2.45) is 0 Å². The van der Waals surface area contributed by atoms with E-state index in [-0.39, 0.29) is 5.97 Å². The van der Waals surface area contributed by atoms with Gasteiger partial charge in [0.25, 0.3) is 0 Å². The Morgan fingerprint density at radius 2 is 2.15 bits per heavy atom. The molecule has 0 bridgehead atoms. The fraction of sp³-hybridized carbons (Fsp3) is 0.467. The van der Waals surface area contributed by atoms with Crippen LogP contribution in [0.3, 0.4) is 0 Å². The zero-order valence-electron chi connectivity index (χ0n) is 12.3. The second kappa shape index (κ2) is 5.87. The topological polar surface area (TPSA) is 55.0 Å². The molecular weight excluding hydrogens is 272 g/mol. The van der Waals surface area contributed by atoms with E-state index in [4.69, 9.17) is 4.74 Å². The Morgan fingerprint density at radius 1 is 1.40 bits per heavy atom. The molecular formula is C15H20N2O2S. The third-order valence-corrected chi connectivity index (χ3v) is 3.46. The molecule has 20 heavy (non-hydrogen) atoms. The Labute approximate surface area is 123 Å². The number of rotatable bonds is 4. The summed E-state index contributed by atoms with van der Waals surface area (Å²) in [4.78, 5) is 19.3. The number of thioether (sulfide) groups is 1. The number of esters is 1. The van der Waals surface area contributed by atoms with E-state index >= 15 is 0 Å². The molecule has 1 aromatic carbocycles. The van der Waals surface area contributed by atoms with Gasteiger partial charge in [0.05, 0.1) is 17.5 Å². The number of benzene rings is 1. The standard InChI is InChI=1S/C15H20N2O2S/c1-10-5-6-11-12(9-10)17-14(16-11)20-8-7-13(18)19-15(2,3)4/h5-6,9H,7-8H2,1-4H3,(H,16,17). The normalized spacial score (nSPS) is 11.8. The molecule has 0 unspecified atom stereocenters. The summed E-state index contributed by atoms with van der Waals surface area (Å²) in [7, 11) is 0. The van der Waals surface area contributed by atoms with Crippen LogP contribution >= 0.6 is 11.8 Å². The van der Waals surface area contributed by atoms with Crippen molar-refractivity contribution in [2.75, 3.05) is 5.75 Å². The van der Waals surface area contributed by atoms with Gasteiger partial charge < -0.3 is 9.72 Å². The summed E-state index contributed by atoms with van der Waals surface area (Å²) in [6, 6.07) is 6.11. The van der Waals surface area contributed by atoms with E-state index in [1.54, 1.807) is 0 Å². The summed E-state index contributed by atoms with van der Waals surface area (Å²) in [5, 5.41) is 0.842. The van der Waals surface area contributed by atoms with Crippen LogP contribution in [-0.4, -0.2) is 27.3 Å². The Hall–Kier alpha value is -1.49. The summed E-state index contributed by atoms with van der Waals surface area (Å²) >= 11 is 1.54. The van der Waals surface area contributed by atoms with Gasteiger partial charge in [-0.25, -0.2) is 4.98 Å². The lowest BCUT2D eigenvalue weighted by atomic mass is 10.2. The van der Waals surface area contributed by atoms with Crippen molar-refractivity contribution < 1.29 is 9.53 Å². The number of H-pyrrole nitrogens is 1. The van der Waals surface area contributed by atoms with E-state index in [0.717, 1.165) is 16.2 Å². The third kappa shape index (κ3) is 4.27. The van der Waals surface area contributed by atoms with E-state index in [2.05, 4.69) is 23.0 Å². The van der Waals surface area contributed by atoms with Crippen LogP contribution in [-0.2, 0) is 9.53 Å². The molecule has 1 aromatic heterocycles. The molecule has 0 spiro atoms. The van der Waals surface area contributed by atoms with Crippen LogP contribution in [0.15, 0.2) is 23.4 Å². The highest BCUT2D eigenvalue weighted by molar-refractivity contribution is 7.99. The summed E-state index contributed by atoms with van der Waals surface area (Å²) in [6.45, 7) is 7.68. The van der Waals surface area contributed by atoms with E-state index in [1.807, 2.05) is 32.9 Å². The van der Waals surface area contributed by atoms with Gasteiger partial charge in [-0.05, 0) is 45.4 Å². The lowest BCUT2D eigenvalue weighted by Crippen LogP contribution is -2.24. The second-order valence-electron chi connectivity index (χ2n) is 5.75. The molecule has 0 amide bonds. The molecule has 0 saturated carbocycles. The van der Waals surface area contributed by atoms with Crippen molar-refractivity contribution >= 4 is 28.8 Å². The predicted molar refractivity (Wildman–Crippen MR) is 82.0 cm³/mol. The van der Waals surface area contributed by atoms with Crippen LogP contribution in [0.5, 0.6) is 0 Å². The molecule has 0 saturated heterocycles. The summed E-state index contributed by atoms with van der Waals surface area (Å²) in [5.74, 6) is 0.491.